The number of nitrogens with one attached hydrogen (secondary N) is 3. The van der Waals surface area contributed by atoms with Gasteiger partial charge in [0.15, 0.2) is 11.5 Å². The smallest absolute Gasteiger partial charge is 0.333 e. The summed E-state index contributed by atoms with van der Waals surface area (Å²) in [4.78, 5) is 72.1. The van der Waals surface area contributed by atoms with Crippen LogP contribution in [0, 0.1) is 0 Å². The van der Waals surface area contributed by atoms with Gasteiger partial charge in [-0.15, -0.1) is 5.06 Å². The number of unbranched alkanes of at least 4 members (excludes halogenated alkanes) is 3. The number of hydrogen-bond donors (Lipinski definition) is 3. The normalized spacial score (nSPS) is 19.6. The van der Waals surface area contributed by atoms with Crippen LogP contribution in [0.15, 0.2) is 82.1 Å². The maximum atomic E-state index is 14.7. The number of hydrogen-bond acceptors (Lipinski definition) is 14. The Morgan fingerprint density at radius 3 is 2.21 bits per heavy atom. The molecule has 386 valence electrons. The number of nitrogens with zero attached hydrogens (tertiary/aromatic N) is 4. The van der Waals surface area contributed by atoms with E-state index in [-0.39, 0.29) is 42.7 Å². The number of rotatable bonds is 23. The van der Waals surface area contributed by atoms with E-state index in [0.717, 1.165) is 45.7 Å². The summed E-state index contributed by atoms with van der Waals surface area (Å²) in [6.45, 7) is 10.5. The van der Waals surface area contributed by atoms with Gasteiger partial charge >= 0.3 is 5.97 Å². The molecule has 0 bridgehead atoms. The van der Waals surface area contributed by atoms with Gasteiger partial charge in [-0.2, -0.15) is 4.58 Å². The molecule has 19 nitrogen and oxygen atoms in total. The Morgan fingerprint density at radius 1 is 0.887 bits per heavy atom. The zero-order valence-corrected chi connectivity index (χ0v) is 43.8. The second-order valence-corrected chi connectivity index (χ2v) is 23.8. The van der Waals surface area contributed by atoms with E-state index >= 15 is 0 Å². The number of fused-ring (bicyclic) bond motifs is 2. The molecule has 3 amide bonds. The summed E-state index contributed by atoms with van der Waals surface area (Å²) in [5.41, 5.74) is 3.44. The minimum atomic E-state index is -5.02. The van der Waals surface area contributed by atoms with Crippen LogP contribution in [0.2, 0.25) is 0 Å². The molecule has 3 heterocycles. The summed E-state index contributed by atoms with van der Waals surface area (Å²) in [7, 11) is 0.232. The van der Waals surface area contributed by atoms with Gasteiger partial charge in [0.1, 0.15) is 23.2 Å². The van der Waals surface area contributed by atoms with Crippen molar-refractivity contribution in [2.24, 2.45) is 0 Å². The quantitative estimate of drug-likeness (QED) is 0.0359. The van der Waals surface area contributed by atoms with Crippen molar-refractivity contribution >= 4 is 66.8 Å². The number of amides is 3. The number of Topliss-reactive ketones (excluding diaryl/α,β-unsaturated/α-hetero) is 1. The van der Waals surface area contributed by atoms with Gasteiger partial charge in [-0.25, -0.2) is 21.6 Å². The van der Waals surface area contributed by atoms with Gasteiger partial charge in [0.2, 0.25) is 11.6 Å². The van der Waals surface area contributed by atoms with Crippen molar-refractivity contribution in [1.82, 2.24) is 15.7 Å². The van der Waals surface area contributed by atoms with E-state index in [1.54, 1.807) is 23.8 Å². The highest BCUT2D eigenvalue weighted by Crippen LogP contribution is 2.49. The van der Waals surface area contributed by atoms with Crippen LogP contribution in [0.1, 0.15) is 90.2 Å². The predicted molar refractivity (Wildman–Crippen MR) is 262 cm³/mol. The van der Waals surface area contributed by atoms with Crippen LogP contribution in [-0.2, 0) is 59.9 Å². The molecular weight excluding hydrogens is 955 g/mol. The minimum absolute atomic E-state index is 0.0116. The fourth-order valence-electron chi connectivity index (χ4n) is 9.67. The van der Waals surface area contributed by atoms with E-state index in [9.17, 15) is 49.9 Å². The zero-order chi connectivity index (χ0) is 52.4. The molecule has 1 aliphatic carbocycles. The van der Waals surface area contributed by atoms with Crippen molar-refractivity contribution in [3.8, 4) is 0 Å². The van der Waals surface area contributed by atoms with Crippen molar-refractivity contribution in [1.29, 1.82) is 0 Å². The van der Waals surface area contributed by atoms with Gasteiger partial charge in [-0.3, -0.25) is 19.2 Å². The van der Waals surface area contributed by atoms with Crippen molar-refractivity contribution in [2.75, 3.05) is 78.6 Å². The minimum Gasteiger partial charge on any atom is -0.748 e. The van der Waals surface area contributed by atoms with Crippen molar-refractivity contribution in [2.45, 2.75) is 101 Å². The van der Waals surface area contributed by atoms with Gasteiger partial charge in [-0.05, 0) is 75.8 Å². The number of para-hydroxylation sites is 1. The van der Waals surface area contributed by atoms with Crippen molar-refractivity contribution in [3.05, 3.63) is 88.3 Å². The molecule has 1 fully saturated rings. The molecule has 1 saturated heterocycles. The third kappa shape index (κ3) is 12.7. The molecule has 2 aromatic rings. The van der Waals surface area contributed by atoms with Gasteiger partial charge in [0.25, 0.3) is 11.8 Å². The van der Waals surface area contributed by atoms with Crippen molar-refractivity contribution in [3.63, 3.8) is 0 Å². The van der Waals surface area contributed by atoms with E-state index in [1.807, 2.05) is 39.1 Å². The molecule has 4 aliphatic rings. The number of quaternary nitrogens is 2. The highest BCUT2D eigenvalue weighted by molar-refractivity contribution is 7.86. The Morgan fingerprint density at radius 2 is 1.56 bits per heavy atom. The number of allylic oxidation sites excluding steroid dienone is 5. The number of carbonyl (C=O) groups is 5. The van der Waals surface area contributed by atoms with Gasteiger partial charge in [-0.1, -0.05) is 32.0 Å². The largest absolute Gasteiger partial charge is 0.748 e. The monoisotopic (exact) mass is 1020 g/mol. The summed E-state index contributed by atoms with van der Waals surface area (Å²) in [5.74, 6) is -4.07. The lowest BCUT2D eigenvalue weighted by atomic mass is 9.76. The maximum Gasteiger partial charge on any atom is 0.333 e. The van der Waals surface area contributed by atoms with Crippen LogP contribution in [0.3, 0.4) is 0 Å². The Kier molecular flexibility index (Phi) is 16.4. The molecule has 0 saturated carbocycles. The predicted octanol–water partition coefficient (Wildman–Crippen LogP) is 1.83. The number of imide groups is 1. The number of likely N-dealkylation sites (N-methyl/N-ethyl adjacent to an activating group) is 1. The first-order chi connectivity index (χ1) is 33.0. The molecule has 71 heavy (non-hydrogen) atoms. The van der Waals surface area contributed by atoms with Crippen LogP contribution in [0.4, 0.5) is 11.4 Å². The lowest BCUT2D eigenvalue weighted by Gasteiger charge is -2.33. The lowest BCUT2D eigenvalue weighted by molar-refractivity contribution is -0.878. The fraction of sp³-hybridized carbons (Fsp3) is 0.520. The molecule has 21 heteroatoms. The third-order valence-corrected chi connectivity index (χ3v) is 15.3. The Hall–Kier alpha value is -5.58. The molecule has 3 aliphatic heterocycles. The first-order valence-electron chi connectivity index (χ1n) is 24.0. The van der Waals surface area contributed by atoms with E-state index in [0.29, 0.717) is 60.9 Å². The molecule has 3 N–H and O–H groups in total. The number of ketones is 1. The molecular formula is C50H68N7O12S2+. The average molecular weight is 1020 g/mol. The number of hydroxylamine groups is 2. The SMILES string of the molecule is C[N+]1=C(/C=C2\C(=O)C(/C=C3/N(CCCC[N+](C)(C)C)c4ccccc4C3(C)C)=C2NC(CS(=O)(=O)[O-])C(=O)NCC[NH+](C)CCCCCC(=O)ON2C(=O)CCC2=O)C(C)(C)c2cc(S(=O)(=O)[O-])ccc21. The summed E-state index contributed by atoms with van der Waals surface area (Å²) in [6.07, 6.45) is 7.06. The molecule has 0 radical (unpaired) electrons. The summed E-state index contributed by atoms with van der Waals surface area (Å²) < 4.78 is 76.2. The third-order valence-electron chi connectivity index (χ3n) is 13.7. The van der Waals surface area contributed by atoms with Crippen LogP contribution in [0.25, 0.3) is 0 Å². The standard InChI is InChI=1S/C50H67N7O12S2/c1-49(2)36-17-12-13-18-40(36)55(26-15-16-28-57(7,8)9)42(49)31-35-46(34(47(35)61)30-41-50(3,4)37-29-33(71(66,67)68)20-21-39(37)54(41)6)52-38(32-70(63,64)65)48(62)51-24-27-53(5)25-14-10-11-19-45(60)69-56-43(58)22-23-44(56)59/h12-13,17-18,20-21,29-31,38H,10-11,14-16,19,22-28,32H2,1-9H3,(H2-2,51,52,61,62,63,64,65,66,67,68)/p+1. The van der Waals surface area contributed by atoms with Crippen LogP contribution >= 0.6 is 0 Å². The van der Waals surface area contributed by atoms with Crippen LogP contribution < -0.4 is 20.4 Å². The molecule has 6 rings (SSSR count). The molecule has 0 spiro atoms. The summed E-state index contributed by atoms with van der Waals surface area (Å²) in [6, 6.07) is 10.5. The maximum absolute atomic E-state index is 14.7. The second kappa shape index (κ2) is 21.3. The number of carbonyl (C=O) groups excluding carboxylic acids is 5. The first-order valence-corrected chi connectivity index (χ1v) is 27.0. The number of anilines is 1. The van der Waals surface area contributed by atoms with Crippen LogP contribution in [-0.4, -0.2) is 155 Å². The van der Waals surface area contributed by atoms with E-state index in [2.05, 4.69) is 56.6 Å². The Balaban J connectivity index is 1.27. The first kappa shape index (κ1) is 54.7. The van der Waals surface area contributed by atoms with E-state index in [1.165, 1.54) is 18.2 Å². The molecule has 2 unspecified atom stereocenters. The van der Waals surface area contributed by atoms with Crippen LogP contribution in [0.5, 0.6) is 0 Å². The fourth-order valence-corrected chi connectivity index (χ4v) is 10.8. The van der Waals surface area contributed by atoms with E-state index in [4.69, 9.17) is 4.84 Å². The van der Waals surface area contributed by atoms with Gasteiger partial charge in [0.05, 0.1) is 91.8 Å². The zero-order valence-electron chi connectivity index (χ0n) is 42.2. The van der Waals surface area contributed by atoms with Crippen molar-refractivity contribution < 1.29 is 68.7 Å². The van der Waals surface area contributed by atoms with Gasteiger partial charge in [0, 0.05) is 65.9 Å². The van der Waals surface area contributed by atoms with Gasteiger partial charge < -0.3 is 38.9 Å². The molecule has 2 aromatic carbocycles. The van der Waals surface area contributed by atoms with E-state index < -0.39 is 77.2 Å². The summed E-state index contributed by atoms with van der Waals surface area (Å²) in [5, 5.41) is 6.33. The highest BCUT2D eigenvalue weighted by Gasteiger charge is 2.47. The lowest BCUT2D eigenvalue weighted by Crippen LogP contribution is -3.09. The highest BCUT2D eigenvalue weighted by atomic mass is 32.2. The average Bonchev–Trinajstić information content (AvgIpc) is 3.77. The molecule has 0 aromatic heterocycles. The molecule has 2 atom stereocenters. The second-order valence-electron chi connectivity index (χ2n) is 20.9. The topological polar surface area (TPSA) is 247 Å². The summed E-state index contributed by atoms with van der Waals surface area (Å²) >= 11 is 0. The Bertz CT molecular complexity index is 2830. The Labute approximate surface area is 417 Å². The number of benzene rings is 2.